The molecule has 0 N–H and O–H groups in total. The Kier molecular flexibility index (Phi) is 5.51. The summed E-state index contributed by atoms with van der Waals surface area (Å²) in [5, 5.41) is 12.6. The van der Waals surface area contributed by atoms with Crippen LogP contribution in [0, 0.1) is 0 Å². The summed E-state index contributed by atoms with van der Waals surface area (Å²) in [5.74, 6) is 0. The molecule has 1 aromatic heterocycles. The van der Waals surface area contributed by atoms with E-state index in [2.05, 4.69) is 166 Å². The summed E-state index contributed by atoms with van der Waals surface area (Å²) in [6.45, 7) is 4.82. The molecule has 1 nitrogen and oxygen atoms in total. The first-order valence-corrected chi connectivity index (χ1v) is 17.5. The standard InChI is InChI=1S/C49H32O/c1-49(2)43-27-33(46-35-14-6-4-11-31(35)26-42-34-13-5-3-10-29(34)18-24-40(42)46)21-22-37(43)41-25-19-30-12-9-16-36(47(30)48(41)49)32-20-23-39-38-15-7-8-17-44(38)50-45(39)28-32/h3-28H,1-2H3. The molecule has 1 heteroatoms. The summed E-state index contributed by atoms with van der Waals surface area (Å²) < 4.78 is 6.35. The van der Waals surface area contributed by atoms with E-state index in [1.807, 2.05) is 6.07 Å². The molecule has 0 atom stereocenters. The first-order chi connectivity index (χ1) is 24.5. The highest BCUT2D eigenvalue weighted by molar-refractivity contribution is 6.20. The van der Waals surface area contributed by atoms with Gasteiger partial charge in [-0.25, -0.2) is 0 Å². The predicted octanol–water partition coefficient (Wildman–Crippen LogP) is 13.8. The van der Waals surface area contributed by atoms with Crippen molar-refractivity contribution in [3.63, 3.8) is 0 Å². The molecule has 0 fully saturated rings. The van der Waals surface area contributed by atoms with E-state index in [9.17, 15) is 0 Å². The van der Waals surface area contributed by atoms with Gasteiger partial charge in [0.25, 0.3) is 0 Å². The first kappa shape index (κ1) is 27.7. The van der Waals surface area contributed by atoms with Crippen molar-refractivity contribution in [2.75, 3.05) is 0 Å². The van der Waals surface area contributed by atoms with Crippen molar-refractivity contribution in [1.82, 2.24) is 0 Å². The molecule has 0 radical (unpaired) electrons. The molecule has 234 valence electrons. The zero-order valence-electron chi connectivity index (χ0n) is 27.9. The van der Waals surface area contributed by atoms with E-state index in [4.69, 9.17) is 4.42 Å². The van der Waals surface area contributed by atoms with Crippen LogP contribution >= 0.6 is 0 Å². The number of para-hydroxylation sites is 1. The number of hydrogen-bond acceptors (Lipinski definition) is 1. The van der Waals surface area contributed by atoms with Gasteiger partial charge in [0.05, 0.1) is 0 Å². The molecule has 50 heavy (non-hydrogen) atoms. The van der Waals surface area contributed by atoms with Gasteiger partial charge < -0.3 is 4.42 Å². The second-order valence-corrected chi connectivity index (χ2v) is 14.4. The molecule has 0 amide bonds. The van der Waals surface area contributed by atoms with E-state index >= 15 is 0 Å². The highest BCUT2D eigenvalue weighted by Crippen LogP contribution is 2.54. The van der Waals surface area contributed by atoms with Crippen molar-refractivity contribution in [2.45, 2.75) is 19.3 Å². The average molecular weight is 637 g/mol. The van der Waals surface area contributed by atoms with Gasteiger partial charge in [0.15, 0.2) is 0 Å². The van der Waals surface area contributed by atoms with E-state index in [-0.39, 0.29) is 5.41 Å². The third kappa shape index (κ3) is 3.72. The van der Waals surface area contributed by atoms with Gasteiger partial charge in [-0.05, 0) is 118 Å². The lowest BCUT2D eigenvalue weighted by atomic mass is 9.78. The molecule has 0 saturated carbocycles. The summed E-state index contributed by atoms with van der Waals surface area (Å²) in [6.07, 6.45) is 0. The quantitative estimate of drug-likeness (QED) is 0.136. The van der Waals surface area contributed by atoms with Crippen LogP contribution in [-0.2, 0) is 5.41 Å². The minimum Gasteiger partial charge on any atom is -0.456 e. The second kappa shape index (κ2) is 9.94. The lowest BCUT2D eigenvalue weighted by molar-refractivity contribution is 0.666. The van der Waals surface area contributed by atoms with Crippen molar-refractivity contribution in [3.8, 4) is 33.4 Å². The maximum Gasteiger partial charge on any atom is 0.136 e. The Morgan fingerprint density at radius 2 is 1.08 bits per heavy atom. The highest BCUT2D eigenvalue weighted by Gasteiger charge is 2.38. The minimum atomic E-state index is -0.215. The Morgan fingerprint density at radius 1 is 0.400 bits per heavy atom. The molecular formula is C49H32O. The van der Waals surface area contributed by atoms with Gasteiger partial charge in [0, 0.05) is 16.2 Å². The van der Waals surface area contributed by atoms with Gasteiger partial charge in [0.1, 0.15) is 11.2 Å². The van der Waals surface area contributed by atoms with Crippen molar-refractivity contribution in [2.24, 2.45) is 0 Å². The average Bonchev–Trinajstić information content (AvgIpc) is 3.64. The molecule has 9 aromatic carbocycles. The third-order valence-corrected chi connectivity index (χ3v) is 11.4. The van der Waals surface area contributed by atoms with E-state index in [0.29, 0.717) is 0 Å². The van der Waals surface area contributed by atoms with E-state index in [1.165, 1.54) is 87.6 Å². The topological polar surface area (TPSA) is 13.1 Å². The summed E-state index contributed by atoms with van der Waals surface area (Å²) in [7, 11) is 0. The van der Waals surface area contributed by atoms with Gasteiger partial charge in [-0.2, -0.15) is 0 Å². The largest absolute Gasteiger partial charge is 0.456 e. The summed E-state index contributed by atoms with van der Waals surface area (Å²) >= 11 is 0. The summed E-state index contributed by atoms with van der Waals surface area (Å²) in [5.41, 5.74) is 12.1. The molecule has 1 aliphatic rings. The Bertz CT molecular complexity index is 3060. The Balaban J connectivity index is 1.14. The van der Waals surface area contributed by atoms with E-state index in [0.717, 1.165) is 21.9 Å². The van der Waals surface area contributed by atoms with Gasteiger partial charge >= 0.3 is 0 Å². The lowest BCUT2D eigenvalue weighted by Gasteiger charge is -2.25. The van der Waals surface area contributed by atoms with Gasteiger partial charge in [-0.1, -0.05) is 141 Å². The minimum absolute atomic E-state index is 0.215. The predicted molar refractivity (Wildman–Crippen MR) is 212 cm³/mol. The van der Waals surface area contributed by atoms with Crippen LogP contribution in [0.15, 0.2) is 162 Å². The highest BCUT2D eigenvalue weighted by atomic mass is 16.3. The number of benzene rings is 9. The van der Waals surface area contributed by atoms with Crippen LogP contribution in [0.25, 0.3) is 98.4 Å². The molecule has 0 aliphatic heterocycles. The number of hydrogen-bond donors (Lipinski definition) is 0. The van der Waals surface area contributed by atoms with Crippen LogP contribution in [0.5, 0.6) is 0 Å². The Labute approximate surface area is 290 Å². The van der Waals surface area contributed by atoms with Crippen LogP contribution in [0.4, 0.5) is 0 Å². The van der Waals surface area contributed by atoms with Crippen LogP contribution in [0.3, 0.4) is 0 Å². The molecule has 0 unspecified atom stereocenters. The van der Waals surface area contributed by atoms with Crippen LogP contribution in [-0.4, -0.2) is 0 Å². The lowest BCUT2D eigenvalue weighted by Crippen LogP contribution is -2.16. The van der Waals surface area contributed by atoms with Gasteiger partial charge in [-0.15, -0.1) is 0 Å². The normalized spacial score (nSPS) is 13.6. The Morgan fingerprint density at radius 3 is 1.98 bits per heavy atom. The zero-order chi connectivity index (χ0) is 33.1. The molecule has 1 aliphatic carbocycles. The molecule has 0 spiro atoms. The maximum absolute atomic E-state index is 6.35. The smallest absolute Gasteiger partial charge is 0.136 e. The fourth-order valence-corrected chi connectivity index (χ4v) is 9.10. The molecule has 10 aromatic rings. The fraction of sp³-hybridized carbons (Fsp3) is 0.0612. The fourth-order valence-electron chi connectivity index (χ4n) is 9.10. The molecule has 1 heterocycles. The molecular weight excluding hydrogens is 605 g/mol. The monoisotopic (exact) mass is 636 g/mol. The van der Waals surface area contributed by atoms with Crippen molar-refractivity contribution >= 4 is 65.0 Å². The van der Waals surface area contributed by atoms with Crippen LogP contribution < -0.4 is 0 Å². The zero-order valence-corrected chi connectivity index (χ0v) is 27.9. The first-order valence-electron chi connectivity index (χ1n) is 17.5. The number of rotatable bonds is 2. The van der Waals surface area contributed by atoms with Crippen LogP contribution in [0.2, 0.25) is 0 Å². The molecule has 0 bridgehead atoms. The SMILES string of the molecule is CC1(C)c2cc(-c3c4ccccc4cc4c3ccc3ccccc34)ccc2-c2ccc3cccc(-c4ccc5c(c4)oc4ccccc45)c3c21. The van der Waals surface area contributed by atoms with Crippen molar-refractivity contribution in [1.29, 1.82) is 0 Å². The summed E-state index contributed by atoms with van der Waals surface area (Å²) in [4.78, 5) is 0. The van der Waals surface area contributed by atoms with Gasteiger partial charge in [0.2, 0.25) is 0 Å². The Hall–Kier alpha value is -6.18. The van der Waals surface area contributed by atoms with E-state index < -0.39 is 0 Å². The van der Waals surface area contributed by atoms with Gasteiger partial charge in [-0.3, -0.25) is 0 Å². The second-order valence-electron chi connectivity index (χ2n) is 14.4. The molecule has 0 saturated heterocycles. The van der Waals surface area contributed by atoms with Crippen LogP contribution in [0.1, 0.15) is 25.0 Å². The number of fused-ring (bicyclic) bond motifs is 12. The maximum atomic E-state index is 6.35. The van der Waals surface area contributed by atoms with E-state index in [1.54, 1.807) is 0 Å². The third-order valence-electron chi connectivity index (χ3n) is 11.4. The summed E-state index contributed by atoms with van der Waals surface area (Å²) in [6, 6.07) is 58.2. The van der Waals surface area contributed by atoms with Crippen molar-refractivity contribution in [3.05, 3.63) is 169 Å². The molecule has 11 rings (SSSR count). The number of furan rings is 1. The van der Waals surface area contributed by atoms with Crippen molar-refractivity contribution < 1.29 is 4.42 Å².